The SMILES string of the molecule is CCOC(=O)C(C)(C)Oc1c(C)cc(C2CC2C(OC)c2ccc(C)cc2)cc1C. The summed E-state index contributed by atoms with van der Waals surface area (Å²) in [7, 11) is 1.80. The van der Waals surface area contributed by atoms with Gasteiger partial charge in [0.2, 0.25) is 0 Å². The Kier molecular flexibility index (Phi) is 6.56. The zero-order valence-electron chi connectivity index (χ0n) is 19.2. The smallest absolute Gasteiger partial charge is 0.349 e. The van der Waals surface area contributed by atoms with E-state index in [9.17, 15) is 4.79 Å². The van der Waals surface area contributed by atoms with Crippen LogP contribution in [0.3, 0.4) is 0 Å². The number of benzene rings is 2. The molecule has 0 radical (unpaired) electrons. The number of ether oxygens (including phenoxy) is 3. The van der Waals surface area contributed by atoms with E-state index < -0.39 is 5.60 Å². The van der Waals surface area contributed by atoms with E-state index >= 15 is 0 Å². The highest BCUT2D eigenvalue weighted by molar-refractivity contribution is 5.79. The third kappa shape index (κ3) is 4.70. The molecule has 0 aromatic heterocycles. The normalized spacial score (nSPS) is 19.3. The van der Waals surface area contributed by atoms with Crippen molar-refractivity contribution in [3.05, 3.63) is 64.2 Å². The van der Waals surface area contributed by atoms with Crippen LogP contribution in [0.2, 0.25) is 0 Å². The number of rotatable bonds is 8. The van der Waals surface area contributed by atoms with E-state index in [1.807, 2.05) is 13.8 Å². The topological polar surface area (TPSA) is 44.8 Å². The van der Waals surface area contributed by atoms with Crippen LogP contribution < -0.4 is 4.74 Å². The maximum Gasteiger partial charge on any atom is 0.349 e. The van der Waals surface area contributed by atoms with Crippen LogP contribution in [0.1, 0.15) is 67.0 Å². The predicted molar refractivity (Wildman–Crippen MR) is 119 cm³/mol. The highest BCUT2D eigenvalue weighted by Gasteiger charge is 2.45. The van der Waals surface area contributed by atoms with E-state index in [2.05, 4.69) is 43.3 Å². The van der Waals surface area contributed by atoms with Crippen LogP contribution >= 0.6 is 0 Å². The van der Waals surface area contributed by atoms with E-state index in [0.29, 0.717) is 18.4 Å². The first-order valence-corrected chi connectivity index (χ1v) is 10.7. The molecule has 0 N–H and O–H groups in total. The van der Waals surface area contributed by atoms with E-state index in [0.717, 1.165) is 23.3 Å². The van der Waals surface area contributed by atoms with Crippen molar-refractivity contribution in [1.29, 1.82) is 0 Å². The lowest BCUT2D eigenvalue weighted by atomic mass is 9.97. The van der Waals surface area contributed by atoms with Crippen molar-refractivity contribution in [1.82, 2.24) is 0 Å². The Bertz CT molecular complexity index is 875. The van der Waals surface area contributed by atoms with Gasteiger partial charge in [-0.15, -0.1) is 0 Å². The molecule has 1 saturated carbocycles. The molecule has 1 aliphatic rings. The first-order chi connectivity index (χ1) is 14.2. The van der Waals surface area contributed by atoms with Crippen molar-refractivity contribution >= 4 is 5.97 Å². The van der Waals surface area contributed by atoms with Gasteiger partial charge in [-0.05, 0) is 82.1 Å². The number of hydrogen-bond acceptors (Lipinski definition) is 4. The van der Waals surface area contributed by atoms with Crippen molar-refractivity contribution < 1.29 is 19.0 Å². The Morgan fingerprint density at radius 2 is 1.70 bits per heavy atom. The molecule has 2 aromatic carbocycles. The highest BCUT2D eigenvalue weighted by Crippen LogP contribution is 2.55. The lowest BCUT2D eigenvalue weighted by Crippen LogP contribution is -2.40. The number of carbonyl (C=O) groups excluding carboxylic acids is 1. The van der Waals surface area contributed by atoms with E-state index in [4.69, 9.17) is 14.2 Å². The van der Waals surface area contributed by atoms with Gasteiger partial charge in [-0.1, -0.05) is 42.0 Å². The summed E-state index contributed by atoms with van der Waals surface area (Å²) in [4.78, 5) is 12.2. The molecular weight excluding hydrogens is 376 g/mol. The van der Waals surface area contributed by atoms with Crippen LogP contribution in [0.15, 0.2) is 36.4 Å². The summed E-state index contributed by atoms with van der Waals surface area (Å²) in [5.41, 5.74) is 4.86. The third-order valence-corrected chi connectivity index (χ3v) is 5.92. The van der Waals surface area contributed by atoms with E-state index in [-0.39, 0.29) is 12.1 Å². The van der Waals surface area contributed by atoms with Crippen molar-refractivity contribution in [2.75, 3.05) is 13.7 Å². The van der Waals surface area contributed by atoms with Gasteiger partial charge in [0.25, 0.3) is 0 Å². The lowest BCUT2D eigenvalue weighted by molar-refractivity contribution is -0.158. The molecule has 0 bridgehead atoms. The average molecular weight is 411 g/mol. The van der Waals surface area contributed by atoms with Crippen LogP contribution in [-0.2, 0) is 14.3 Å². The van der Waals surface area contributed by atoms with Gasteiger partial charge in [-0.3, -0.25) is 0 Å². The largest absolute Gasteiger partial charge is 0.476 e. The number of carbonyl (C=O) groups is 1. The molecule has 4 heteroatoms. The zero-order valence-corrected chi connectivity index (χ0v) is 19.2. The molecule has 162 valence electrons. The van der Waals surface area contributed by atoms with Crippen molar-refractivity contribution in [2.24, 2.45) is 5.92 Å². The summed E-state index contributed by atoms with van der Waals surface area (Å²) in [5.74, 6) is 1.35. The molecular formula is C26H34O4. The minimum atomic E-state index is -1.03. The van der Waals surface area contributed by atoms with Gasteiger partial charge >= 0.3 is 5.97 Å². The van der Waals surface area contributed by atoms with Crippen molar-refractivity contribution in [3.63, 3.8) is 0 Å². The number of hydrogen-bond donors (Lipinski definition) is 0. The van der Waals surface area contributed by atoms with Crippen LogP contribution in [0.25, 0.3) is 0 Å². The average Bonchev–Trinajstić information content (AvgIpc) is 3.47. The number of aryl methyl sites for hydroxylation is 3. The molecule has 1 fully saturated rings. The van der Waals surface area contributed by atoms with Crippen LogP contribution in [-0.4, -0.2) is 25.3 Å². The fourth-order valence-corrected chi connectivity index (χ4v) is 4.21. The Morgan fingerprint density at radius 3 is 2.23 bits per heavy atom. The van der Waals surface area contributed by atoms with Crippen LogP contribution in [0, 0.1) is 26.7 Å². The van der Waals surface area contributed by atoms with Crippen molar-refractivity contribution in [3.8, 4) is 5.75 Å². The molecule has 3 rings (SSSR count). The second kappa shape index (κ2) is 8.81. The number of esters is 1. The lowest BCUT2D eigenvalue weighted by Gasteiger charge is -2.26. The summed E-state index contributed by atoms with van der Waals surface area (Å²) in [6.45, 7) is 11.8. The summed E-state index contributed by atoms with van der Waals surface area (Å²) in [6, 6.07) is 13.0. The highest BCUT2D eigenvalue weighted by atomic mass is 16.6. The molecule has 4 nitrogen and oxygen atoms in total. The third-order valence-electron chi connectivity index (χ3n) is 5.92. The summed E-state index contributed by atoms with van der Waals surface area (Å²) in [5, 5.41) is 0. The van der Waals surface area contributed by atoms with E-state index in [1.165, 1.54) is 16.7 Å². The molecule has 1 aliphatic carbocycles. The molecule has 0 saturated heterocycles. The van der Waals surface area contributed by atoms with Gasteiger partial charge in [-0.25, -0.2) is 4.79 Å². The van der Waals surface area contributed by atoms with Crippen LogP contribution in [0.5, 0.6) is 5.75 Å². The molecule has 0 aliphatic heterocycles. The van der Waals surface area contributed by atoms with E-state index in [1.54, 1.807) is 27.9 Å². The standard InChI is InChI=1S/C26H34O4/c1-8-29-25(27)26(5,6)30-23-17(3)13-20(14-18(23)4)21-15-22(21)24(28-7)19-11-9-16(2)10-12-19/h9-14,21-22,24H,8,15H2,1-7H3. The first-order valence-electron chi connectivity index (χ1n) is 10.7. The summed E-state index contributed by atoms with van der Waals surface area (Å²) in [6.07, 6.45) is 1.22. The van der Waals surface area contributed by atoms with Gasteiger partial charge in [-0.2, -0.15) is 0 Å². The summed E-state index contributed by atoms with van der Waals surface area (Å²) >= 11 is 0. The molecule has 2 aromatic rings. The molecule has 30 heavy (non-hydrogen) atoms. The van der Waals surface area contributed by atoms with Gasteiger partial charge in [0.05, 0.1) is 12.7 Å². The summed E-state index contributed by atoms with van der Waals surface area (Å²) < 4.78 is 17.1. The van der Waals surface area contributed by atoms with Crippen molar-refractivity contribution in [2.45, 2.75) is 65.6 Å². The quantitative estimate of drug-likeness (QED) is 0.514. The van der Waals surface area contributed by atoms with Gasteiger partial charge < -0.3 is 14.2 Å². The Morgan fingerprint density at radius 1 is 1.10 bits per heavy atom. The zero-order chi connectivity index (χ0) is 22.1. The first kappa shape index (κ1) is 22.4. The maximum absolute atomic E-state index is 12.2. The van der Waals surface area contributed by atoms with Gasteiger partial charge in [0.15, 0.2) is 5.60 Å². The van der Waals surface area contributed by atoms with Gasteiger partial charge in [0, 0.05) is 7.11 Å². The Labute approximate surface area is 180 Å². The molecule has 3 atom stereocenters. The van der Waals surface area contributed by atoms with Gasteiger partial charge in [0.1, 0.15) is 5.75 Å². The minimum absolute atomic E-state index is 0.106. The Hall–Kier alpha value is -2.33. The maximum atomic E-state index is 12.2. The number of methoxy groups -OCH3 is 1. The minimum Gasteiger partial charge on any atom is -0.476 e. The molecule has 0 heterocycles. The second-order valence-electron chi connectivity index (χ2n) is 8.89. The fraction of sp³-hybridized carbons (Fsp3) is 0.500. The monoisotopic (exact) mass is 410 g/mol. The fourth-order valence-electron chi connectivity index (χ4n) is 4.21. The molecule has 3 unspecified atom stereocenters. The second-order valence-corrected chi connectivity index (χ2v) is 8.89. The predicted octanol–water partition coefficient (Wildman–Crippen LogP) is 5.82. The Balaban J connectivity index is 1.77. The molecule has 0 spiro atoms. The molecule has 0 amide bonds. The van der Waals surface area contributed by atoms with Crippen LogP contribution in [0.4, 0.5) is 0 Å².